The normalized spacial score (nSPS) is 19.0. The molecule has 3 heterocycles. The first-order valence-electron chi connectivity index (χ1n) is 9.37. The Hall–Kier alpha value is -1.68. The van der Waals surface area contributed by atoms with Crippen molar-refractivity contribution in [3.05, 3.63) is 39.3 Å². The first-order chi connectivity index (χ1) is 14.0. The molecule has 0 saturated carbocycles. The molecule has 2 aliphatic heterocycles. The van der Waals surface area contributed by atoms with Crippen molar-refractivity contribution >= 4 is 73.0 Å². The quantitative estimate of drug-likeness (QED) is 0.481. The van der Waals surface area contributed by atoms with E-state index in [0.29, 0.717) is 42.1 Å². The minimum atomic E-state index is -0.0669. The Morgan fingerprint density at radius 3 is 2.79 bits per heavy atom. The van der Waals surface area contributed by atoms with Crippen molar-refractivity contribution in [3.8, 4) is 0 Å². The predicted molar refractivity (Wildman–Crippen MR) is 123 cm³/mol. The lowest BCUT2D eigenvalue weighted by Crippen LogP contribution is -2.42. The Balaban J connectivity index is 1.69. The zero-order valence-corrected chi connectivity index (χ0v) is 19.1. The summed E-state index contributed by atoms with van der Waals surface area (Å²) >= 11 is 10.2. The van der Waals surface area contributed by atoms with Gasteiger partial charge in [0.1, 0.15) is 10.9 Å². The molecule has 6 nitrogen and oxygen atoms in total. The van der Waals surface area contributed by atoms with E-state index in [1.54, 1.807) is 4.90 Å². The predicted octanol–water partition coefficient (Wildman–Crippen LogP) is 3.48. The number of thioether (sulfide) groups is 1. The van der Waals surface area contributed by atoms with Crippen molar-refractivity contribution in [1.29, 1.82) is 0 Å². The fourth-order valence-electron chi connectivity index (χ4n) is 3.52. The van der Waals surface area contributed by atoms with Gasteiger partial charge in [0.15, 0.2) is 0 Å². The molecule has 0 atom stereocenters. The number of ether oxygens (including phenoxy) is 1. The minimum Gasteiger partial charge on any atom is -0.378 e. The lowest BCUT2D eigenvalue weighted by Gasteiger charge is -2.27. The molecule has 2 amide bonds. The van der Waals surface area contributed by atoms with Crippen LogP contribution in [0, 0.1) is 0 Å². The Morgan fingerprint density at radius 2 is 2.10 bits per heavy atom. The molecule has 0 radical (unpaired) electrons. The highest BCUT2D eigenvalue weighted by molar-refractivity contribution is 9.10. The number of benzene rings is 1. The molecule has 2 aromatic rings. The molecule has 1 aromatic heterocycles. The van der Waals surface area contributed by atoms with Crippen molar-refractivity contribution in [2.75, 3.05) is 32.8 Å². The zero-order chi connectivity index (χ0) is 20.5. The number of nitrogens with zero attached hydrogens (tertiary/aromatic N) is 3. The second-order valence-electron chi connectivity index (χ2n) is 6.79. The number of thiocarbonyl (C=S) groups is 1. The molecule has 2 saturated heterocycles. The van der Waals surface area contributed by atoms with Gasteiger partial charge in [0.2, 0.25) is 5.91 Å². The van der Waals surface area contributed by atoms with Gasteiger partial charge in [0, 0.05) is 46.8 Å². The van der Waals surface area contributed by atoms with Crippen LogP contribution < -0.4 is 0 Å². The van der Waals surface area contributed by atoms with Gasteiger partial charge in [-0.15, -0.1) is 0 Å². The number of amides is 2. The van der Waals surface area contributed by atoms with E-state index in [2.05, 4.69) is 15.9 Å². The van der Waals surface area contributed by atoms with Crippen LogP contribution in [0.3, 0.4) is 0 Å². The van der Waals surface area contributed by atoms with Gasteiger partial charge in [-0.05, 0) is 31.2 Å². The molecule has 4 rings (SSSR count). The standard InChI is InChI=1S/C20H20BrN3O3S2/c1-2-24-19(26)17(29-20(24)28)9-13-11-23(16-4-3-14(21)10-15(13)16)12-18(25)22-5-7-27-8-6-22/h3-4,9-11H,2,5-8,12H2,1H3/b17-9-. The molecule has 9 heteroatoms. The topological polar surface area (TPSA) is 54.8 Å². The van der Waals surface area contributed by atoms with Crippen molar-refractivity contribution < 1.29 is 14.3 Å². The molecule has 0 aliphatic carbocycles. The molecule has 29 heavy (non-hydrogen) atoms. The highest BCUT2D eigenvalue weighted by Gasteiger charge is 2.31. The number of likely N-dealkylation sites (N-methyl/N-ethyl adjacent to an activating group) is 1. The average molecular weight is 494 g/mol. The molecule has 2 fully saturated rings. The molecule has 0 spiro atoms. The number of hydrogen-bond donors (Lipinski definition) is 0. The fourth-order valence-corrected chi connectivity index (χ4v) is 5.25. The van der Waals surface area contributed by atoms with Crippen LogP contribution in [0.25, 0.3) is 17.0 Å². The molecular formula is C20H20BrN3O3S2. The monoisotopic (exact) mass is 493 g/mol. The molecule has 0 N–H and O–H groups in total. The average Bonchev–Trinajstić information content (AvgIpc) is 3.18. The molecule has 0 bridgehead atoms. The number of fused-ring (bicyclic) bond motifs is 1. The van der Waals surface area contributed by atoms with E-state index in [0.717, 1.165) is 20.9 Å². The number of halogens is 1. The first kappa shape index (κ1) is 20.6. The van der Waals surface area contributed by atoms with Gasteiger partial charge in [-0.3, -0.25) is 14.5 Å². The maximum Gasteiger partial charge on any atom is 0.266 e. The molecule has 0 unspecified atom stereocenters. The van der Waals surface area contributed by atoms with Crippen LogP contribution in [-0.2, 0) is 20.9 Å². The summed E-state index contributed by atoms with van der Waals surface area (Å²) in [5.41, 5.74) is 1.85. The highest BCUT2D eigenvalue weighted by atomic mass is 79.9. The lowest BCUT2D eigenvalue weighted by atomic mass is 10.1. The van der Waals surface area contributed by atoms with Crippen LogP contribution in [0.5, 0.6) is 0 Å². The summed E-state index contributed by atoms with van der Waals surface area (Å²) in [6.45, 7) is 5.12. The second kappa shape index (κ2) is 8.59. The van der Waals surface area contributed by atoms with Crippen molar-refractivity contribution in [1.82, 2.24) is 14.4 Å². The van der Waals surface area contributed by atoms with Crippen LogP contribution in [0.15, 0.2) is 33.8 Å². The zero-order valence-electron chi connectivity index (χ0n) is 15.9. The van der Waals surface area contributed by atoms with Gasteiger partial charge in [0.25, 0.3) is 5.91 Å². The summed E-state index contributed by atoms with van der Waals surface area (Å²) in [5.74, 6) is -0.000217. The number of aromatic nitrogens is 1. The third-order valence-electron chi connectivity index (χ3n) is 5.02. The Morgan fingerprint density at radius 1 is 1.34 bits per heavy atom. The van der Waals surface area contributed by atoms with Crippen LogP contribution in [0.1, 0.15) is 12.5 Å². The smallest absolute Gasteiger partial charge is 0.266 e. The van der Waals surface area contributed by atoms with Crippen molar-refractivity contribution in [3.63, 3.8) is 0 Å². The van der Waals surface area contributed by atoms with E-state index in [9.17, 15) is 9.59 Å². The van der Waals surface area contributed by atoms with Crippen LogP contribution >= 0.6 is 39.9 Å². The van der Waals surface area contributed by atoms with Gasteiger partial charge in [-0.25, -0.2) is 0 Å². The number of hydrogen-bond acceptors (Lipinski definition) is 5. The Labute approximate surface area is 187 Å². The summed E-state index contributed by atoms with van der Waals surface area (Å²) in [4.78, 5) is 29.4. The molecule has 2 aliphatic rings. The van der Waals surface area contributed by atoms with E-state index >= 15 is 0 Å². The number of carbonyl (C=O) groups is 2. The van der Waals surface area contributed by atoms with Gasteiger partial charge in [0.05, 0.1) is 18.1 Å². The second-order valence-corrected chi connectivity index (χ2v) is 9.38. The van der Waals surface area contributed by atoms with Gasteiger partial charge in [-0.2, -0.15) is 0 Å². The van der Waals surface area contributed by atoms with Crippen molar-refractivity contribution in [2.45, 2.75) is 13.5 Å². The third kappa shape index (κ3) is 4.14. The minimum absolute atomic E-state index is 0.0666. The number of carbonyl (C=O) groups excluding carboxylic acids is 2. The summed E-state index contributed by atoms with van der Waals surface area (Å²) in [5, 5.41) is 0.982. The van der Waals surface area contributed by atoms with Crippen LogP contribution in [0.2, 0.25) is 0 Å². The fraction of sp³-hybridized carbons (Fsp3) is 0.350. The first-order valence-corrected chi connectivity index (χ1v) is 11.4. The summed E-state index contributed by atoms with van der Waals surface area (Å²) in [6, 6.07) is 5.95. The molecular weight excluding hydrogens is 474 g/mol. The van der Waals surface area contributed by atoms with E-state index in [1.807, 2.05) is 46.9 Å². The molecule has 1 aromatic carbocycles. The van der Waals surface area contributed by atoms with E-state index < -0.39 is 0 Å². The summed E-state index contributed by atoms with van der Waals surface area (Å²) < 4.78 is 8.81. The highest BCUT2D eigenvalue weighted by Crippen LogP contribution is 2.34. The van der Waals surface area contributed by atoms with E-state index in [-0.39, 0.29) is 18.4 Å². The molecule has 152 valence electrons. The summed E-state index contributed by atoms with van der Waals surface area (Å²) in [6.07, 6.45) is 3.81. The van der Waals surface area contributed by atoms with Gasteiger partial charge in [-0.1, -0.05) is 39.9 Å². The maximum absolute atomic E-state index is 12.8. The third-order valence-corrected chi connectivity index (χ3v) is 6.89. The van der Waals surface area contributed by atoms with Gasteiger partial charge < -0.3 is 14.2 Å². The van der Waals surface area contributed by atoms with Crippen molar-refractivity contribution in [2.24, 2.45) is 0 Å². The summed E-state index contributed by atoms with van der Waals surface area (Å²) in [7, 11) is 0. The van der Waals surface area contributed by atoms with E-state index in [4.69, 9.17) is 17.0 Å². The Bertz CT molecular complexity index is 1030. The van der Waals surface area contributed by atoms with Crippen LogP contribution in [-0.4, -0.2) is 63.3 Å². The Kier molecular flexibility index (Phi) is 6.10. The SMILES string of the molecule is CCN1C(=O)/C(=C/c2cn(CC(=O)N3CCOCC3)c3ccc(Br)cc23)SC1=S. The largest absolute Gasteiger partial charge is 0.378 e. The lowest BCUT2D eigenvalue weighted by molar-refractivity contribution is -0.135. The van der Waals surface area contributed by atoms with Crippen LogP contribution in [0.4, 0.5) is 0 Å². The number of morpholine rings is 1. The van der Waals surface area contributed by atoms with Gasteiger partial charge >= 0.3 is 0 Å². The maximum atomic E-state index is 12.8. The number of rotatable bonds is 4. The van der Waals surface area contributed by atoms with E-state index in [1.165, 1.54) is 11.8 Å².